The molecule has 2 aliphatic carbocycles. The number of carbonyl (C=O) groups excluding carboxylic acids is 2. The molecule has 2 saturated carbocycles. The van der Waals surface area contributed by atoms with Crippen molar-refractivity contribution in [1.29, 1.82) is 0 Å². The van der Waals surface area contributed by atoms with Gasteiger partial charge in [0.2, 0.25) is 0 Å². The van der Waals surface area contributed by atoms with Crippen LogP contribution in [0.1, 0.15) is 31.4 Å². The van der Waals surface area contributed by atoms with Gasteiger partial charge in [-0.05, 0) is 25.0 Å². The number of alkyl halides is 5. The number of benzene rings is 2. The van der Waals surface area contributed by atoms with Gasteiger partial charge in [0.1, 0.15) is 11.9 Å². The zero-order chi connectivity index (χ0) is 32.1. The van der Waals surface area contributed by atoms with Gasteiger partial charge in [0.25, 0.3) is 0 Å². The minimum absolute atomic E-state index is 0.0449. The van der Waals surface area contributed by atoms with Crippen molar-refractivity contribution in [2.24, 2.45) is 11.8 Å². The van der Waals surface area contributed by atoms with Crippen LogP contribution in [0.15, 0.2) is 41.8 Å². The smallest absolute Gasteiger partial charge is 0.486 e. The topological polar surface area (TPSA) is 105 Å². The first-order valence-corrected chi connectivity index (χ1v) is 16.4. The summed E-state index contributed by atoms with van der Waals surface area (Å²) in [5, 5.41) is 4.61. The van der Waals surface area contributed by atoms with Crippen LogP contribution in [0.25, 0.3) is 0 Å². The maximum absolute atomic E-state index is 13.6. The van der Waals surface area contributed by atoms with Crippen molar-refractivity contribution < 1.29 is 79.6 Å². The first kappa shape index (κ1) is 32.9. The molecule has 17 heteroatoms. The molecule has 2 aromatic carbocycles. The normalized spacial score (nSPS) is 20.7. The summed E-state index contributed by atoms with van der Waals surface area (Å²) in [6, 6.07) is 5.99. The molecule has 0 bridgehead atoms. The fourth-order valence-corrected chi connectivity index (χ4v) is 7.70. The number of hydrogen-bond donors (Lipinski definition) is 1. The zero-order valence-corrected chi connectivity index (χ0v) is 25.9. The summed E-state index contributed by atoms with van der Waals surface area (Å²) in [6.45, 7) is -6.29. The number of esters is 1. The Morgan fingerprint density at radius 3 is 2.16 bits per heavy atom. The summed E-state index contributed by atoms with van der Waals surface area (Å²) in [7, 11) is 0. The number of nitrogens with one attached hydrogen (secondary N) is 1. The summed E-state index contributed by atoms with van der Waals surface area (Å²) in [5.41, 5.74) is 0.431. The van der Waals surface area contributed by atoms with Crippen LogP contribution in [0, 0.1) is 23.5 Å². The van der Waals surface area contributed by atoms with Gasteiger partial charge in [-0.25, -0.2) is 4.39 Å². The van der Waals surface area contributed by atoms with Crippen molar-refractivity contribution >= 4 is 28.3 Å². The van der Waals surface area contributed by atoms with Crippen molar-refractivity contribution in [3.05, 3.63) is 59.1 Å². The molecule has 0 spiro atoms. The van der Waals surface area contributed by atoms with Gasteiger partial charge in [0, 0.05) is 6.07 Å². The molecule has 244 valence electrons. The molecule has 2 aliphatic rings. The molecular formula is C28H24F6IN2O7S-. The molecule has 0 aliphatic heterocycles. The Morgan fingerprint density at radius 1 is 0.889 bits per heavy atom. The molecule has 1 amide bonds. The molecular weight excluding hydrogens is 749 g/mol. The zero-order valence-electron chi connectivity index (χ0n) is 22.9. The van der Waals surface area contributed by atoms with Gasteiger partial charge in [0.05, 0.1) is 0 Å². The predicted octanol–water partition coefficient (Wildman–Crippen LogP) is 3.33. The van der Waals surface area contributed by atoms with Crippen LogP contribution in [0.5, 0.6) is 23.0 Å². The summed E-state index contributed by atoms with van der Waals surface area (Å²) < 4.78 is 103. The quantitative estimate of drug-likeness (QED) is 0.115. The molecule has 45 heavy (non-hydrogen) atoms. The van der Waals surface area contributed by atoms with Crippen LogP contribution < -0.4 is 44.2 Å². The third kappa shape index (κ3) is 9.05. The molecule has 1 aromatic heterocycles. The Kier molecular flexibility index (Phi) is 10.8. The minimum atomic E-state index is -3.11. The van der Waals surface area contributed by atoms with Crippen molar-refractivity contribution in [1.82, 2.24) is 4.98 Å². The van der Waals surface area contributed by atoms with Gasteiger partial charge in [0.15, 0.2) is 11.5 Å². The molecule has 1 N–H and O–H groups in total. The Labute approximate surface area is 267 Å². The molecule has 0 atom stereocenters. The summed E-state index contributed by atoms with van der Waals surface area (Å²) in [4.78, 5) is 29.3. The molecule has 5 rings (SSSR count). The van der Waals surface area contributed by atoms with E-state index in [1.165, 1.54) is 0 Å². The fraction of sp³-hybridized carbons (Fsp3) is 0.393. The van der Waals surface area contributed by atoms with Crippen molar-refractivity contribution in [3.8, 4) is 23.0 Å². The van der Waals surface area contributed by atoms with Crippen LogP contribution in [0.3, 0.4) is 0 Å². The summed E-state index contributed by atoms with van der Waals surface area (Å²) in [5.74, 6) is -3.73. The van der Waals surface area contributed by atoms with E-state index in [9.17, 15) is 35.9 Å². The van der Waals surface area contributed by atoms with E-state index in [1.807, 2.05) is 0 Å². The Bertz CT molecular complexity index is 1500. The Morgan fingerprint density at radius 2 is 1.51 bits per heavy atom. The van der Waals surface area contributed by atoms with Gasteiger partial charge in [-0.15, -0.1) is 0 Å². The second-order valence-electron chi connectivity index (χ2n) is 10.0. The Hall–Kier alpha value is -3.48. The minimum Gasteiger partial charge on any atom is -0.486 e. The molecule has 0 radical (unpaired) electrons. The van der Waals surface area contributed by atoms with Crippen molar-refractivity contribution in [2.45, 2.75) is 55.5 Å². The van der Waals surface area contributed by atoms with E-state index >= 15 is 0 Å². The van der Waals surface area contributed by atoms with Crippen molar-refractivity contribution in [2.75, 3.05) is 5.32 Å². The monoisotopic (exact) mass is 773 g/mol. The number of anilines is 1. The van der Waals surface area contributed by atoms with E-state index in [0.29, 0.717) is 23.7 Å². The predicted molar refractivity (Wildman–Crippen MR) is 141 cm³/mol. The molecule has 2 fully saturated rings. The Balaban J connectivity index is 0.998. The maximum atomic E-state index is 13.6. The van der Waals surface area contributed by atoms with E-state index in [4.69, 9.17) is 12.5 Å². The second kappa shape index (κ2) is 14.7. The van der Waals surface area contributed by atoms with E-state index < -0.39 is 64.5 Å². The number of halogens is 7. The number of ether oxygens (including phenoxy) is 4. The molecule has 3 aromatic rings. The molecule has 1 heterocycles. The van der Waals surface area contributed by atoms with Crippen LogP contribution in [0.4, 0.5) is 31.5 Å². The van der Waals surface area contributed by atoms with Gasteiger partial charge >= 0.3 is 191 Å². The number of carbonyl (C=O) groups is 2. The second-order valence-corrected chi connectivity index (χ2v) is 13.6. The van der Waals surface area contributed by atoms with Crippen LogP contribution in [-0.4, -0.2) is 40.1 Å². The van der Waals surface area contributed by atoms with E-state index in [1.54, 1.807) is 5.38 Å². The number of aromatic nitrogens is 1. The molecule has 0 unspecified atom stereocenters. The number of nitrogens with zero attached hydrogens (tertiary/aromatic N) is 1. The molecule has 9 nitrogen and oxygen atoms in total. The SMILES string of the molecule is O=C(Nc1nc(COC(=O)C2CC([I-]Oc3cc(F)ccc3OC(F)F)C2)cs1)C1CC(Oc2cc(F)ccc2OC(F)F)C1. The standard InChI is InChI=1S/C28H24F6IN2O7S/c29-15-1-3-20(42-26(31)32)22(9-15)41-19-7-13(8-19)24(38)37-28-36-18(12-45-28)11-40-25(39)14-5-17(6-14)35-44-23-10-16(30)2-4-21(23)43-27(33)34/h1-4,9-10,12-14,17,19,26-27H,5-8,11H2,(H,36,37,38)/q-1. The van der Waals surface area contributed by atoms with Crippen LogP contribution in [-0.2, 0) is 20.9 Å². The first-order chi connectivity index (χ1) is 21.5. The third-order valence-electron chi connectivity index (χ3n) is 6.81. The van der Waals surface area contributed by atoms with Gasteiger partial charge < -0.3 is 9.47 Å². The first-order valence-electron chi connectivity index (χ1n) is 13.4. The summed E-state index contributed by atoms with van der Waals surface area (Å²) >= 11 is 0.113. The molecule has 0 saturated heterocycles. The fourth-order valence-electron chi connectivity index (χ4n) is 4.38. The van der Waals surface area contributed by atoms with E-state index in [0.717, 1.165) is 47.7 Å². The number of amides is 1. The van der Waals surface area contributed by atoms with E-state index in [2.05, 4.69) is 19.8 Å². The van der Waals surface area contributed by atoms with Gasteiger partial charge in [-0.1, -0.05) is 0 Å². The van der Waals surface area contributed by atoms with Gasteiger partial charge in [-0.2, -0.15) is 8.78 Å². The average molecular weight is 773 g/mol. The van der Waals surface area contributed by atoms with Crippen molar-refractivity contribution in [3.63, 3.8) is 0 Å². The van der Waals surface area contributed by atoms with E-state index in [-0.39, 0.29) is 58.2 Å². The van der Waals surface area contributed by atoms with Crippen LogP contribution in [0.2, 0.25) is 0 Å². The third-order valence-corrected chi connectivity index (χ3v) is 10.1. The average Bonchev–Trinajstić information content (AvgIpc) is 3.37. The number of thiazole rings is 1. The summed E-state index contributed by atoms with van der Waals surface area (Å²) in [6.07, 6.45) is 1.02. The van der Waals surface area contributed by atoms with Crippen LogP contribution >= 0.6 is 11.3 Å². The number of hydrogen-bond acceptors (Lipinski definition) is 9. The number of rotatable bonds is 14. The van der Waals surface area contributed by atoms with Gasteiger partial charge in [-0.3, -0.25) is 0 Å².